The Bertz CT molecular complexity index is 1280. The van der Waals surface area contributed by atoms with E-state index in [0.29, 0.717) is 48.6 Å². The zero-order valence-corrected chi connectivity index (χ0v) is 22.3. The van der Waals surface area contributed by atoms with Crippen molar-refractivity contribution >= 4 is 35.1 Å². The molecule has 4 N–H and O–H groups in total. The Morgan fingerprint density at radius 2 is 1.56 bits per heavy atom. The van der Waals surface area contributed by atoms with Crippen LogP contribution in [0.4, 0.5) is 24.5 Å². The number of hydrogen-bond donors (Lipinski definition) is 3. The number of benzene rings is 2. The van der Waals surface area contributed by atoms with Gasteiger partial charge in [0.05, 0.1) is 23.8 Å². The number of imide groups is 1. The van der Waals surface area contributed by atoms with E-state index in [9.17, 15) is 22.8 Å². The minimum Gasteiger partial charge on any atom is -0.496 e. The molecule has 0 saturated carbocycles. The maximum absolute atomic E-state index is 13.2. The van der Waals surface area contributed by atoms with Crippen LogP contribution in [0.15, 0.2) is 36.4 Å². The number of nitrogens with zero attached hydrogens (tertiary/aromatic N) is 3. The monoisotopic (exact) mass is 580 g/mol. The molecule has 1 saturated heterocycles. The van der Waals surface area contributed by atoms with Gasteiger partial charge in [-0.05, 0) is 49.7 Å². The molecule has 2 aliphatic rings. The molecule has 0 bridgehead atoms. The molecule has 0 radical (unpaired) electrons. The number of ether oxygens (including phenoxy) is 1. The molecule has 2 aliphatic heterocycles. The maximum atomic E-state index is 13.2. The van der Waals surface area contributed by atoms with Crippen LogP contribution in [0.5, 0.6) is 5.75 Å². The molecule has 14 heteroatoms. The fourth-order valence-corrected chi connectivity index (χ4v) is 4.67. The lowest BCUT2D eigenvalue weighted by atomic mass is 10.1. The predicted octanol–water partition coefficient (Wildman–Crippen LogP) is 3.04. The first kappa shape index (κ1) is 31.2. The van der Waals surface area contributed by atoms with E-state index in [-0.39, 0.29) is 17.5 Å². The third-order valence-corrected chi connectivity index (χ3v) is 6.80. The van der Waals surface area contributed by atoms with Gasteiger partial charge >= 0.3 is 18.1 Å². The number of carbonyl (C=O) groups is 4. The van der Waals surface area contributed by atoms with Crippen LogP contribution in [0.2, 0.25) is 0 Å². The Hall–Kier alpha value is -4.33. The van der Waals surface area contributed by atoms with Crippen LogP contribution in [-0.2, 0) is 15.8 Å². The van der Waals surface area contributed by atoms with Crippen molar-refractivity contribution in [1.82, 2.24) is 9.80 Å². The molecule has 11 nitrogen and oxygen atoms in total. The molecule has 2 aromatic rings. The summed E-state index contributed by atoms with van der Waals surface area (Å²) < 4.78 is 44.7. The van der Waals surface area contributed by atoms with Gasteiger partial charge in [0.15, 0.2) is 0 Å². The van der Waals surface area contributed by atoms with Crippen molar-refractivity contribution in [2.75, 3.05) is 57.0 Å². The molecule has 0 spiro atoms. The van der Waals surface area contributed by atoms with Crippen molar-refractivity contribution in [2.24, 2.45) is 0 Å². The third kappa shape index (κ3) is 7.66. The number of aliphatic carboxylic acids is 2. The number of nitrogens with two attached hydrogens (primary N) is 1. The number of unbranched alkanes of at least 4 members (excludes halogenated alkanes) is 2. The quantitative estimate of drug-likeness (QED) is 0.184. The van der Waals surface area contributed by atoms with Crippen LogP contribution in [0, 0.1) is 0 Å². The number of carboxylic acid groups (broad SMARTS) is 2. The highest BCUT2D eigenvalue weighted by atomic mass is 19.4. The van der Waals surface area contributed by atoms with Crippen molar-refractivity contribution in [1.29, 1.82) is 0 Å². The average molecular weight is 581 g/mol. The number of fused-ring (bicyclic) bond motifs is 1. The van der Waals surface area contributed by atoms with Gasteiger partial charge in [-0.1, -0.05) is 12.5 Å². The highest BCUT2D eigenvalue weighted by Gasteiger charge is 2.37. The number of carbonyl (C=O) groups excluding carboxylic acids is 2. The van der Waals surface area contributed by atoms with Gasteiger partial charge < -0.3 is 25.6 Å². The van der Waals surface area contributed by atoms with E-state index in [4.69, 9.17) is 30.3 Å². The Balaban J connectivity index is 0.000000696. The molecule has 4 rings (SSSR count). The van der Waals surface area contributed by atoms with Crippen molar-refractivity contribution < 1.29 is 47.3 Å². The minimum atomic E-state index is -4.47. The summed E-state index contributed by atoms with van der Waals surface area (Å²) in [5.41, 5.74) is 5.69. The highest BCUT2D eigenvalue weighted by molar-refractivity contribution is 6.27. The fraction of sp³-hybridized carbons (Fsp3) is 0.407. The molecular weight excluding hydrogens is 549 g/mol. The first-order chi connectivity index (χ1) is 19.3. The summed E-state index contributed by atoms with van der Waals surface area (Å²) in [6.07, 6.45) is -2.00. The maximum Gasteiger partial charge on any atom is 0.418 e. The van der Waals surface area contributed by atoms with Gasteiger partial charge in [-0.25, -0.2) is 9.59 Å². The number of alkyl halides is 3. The van der Waals surface area contributed by atoms with Crippen LogP contribution < -0.4 is 15.4 Å². The number of hydrogen-bond acceptors (Lipinski definition) is 8. The number of anilines is 2. The minimum absolute atomic E-state index is 0.264. The lowest BCUT2D eigenvalue weighted by molar-refractivity contribution is -0.159. The molecule has 2 heterocycles. The molecule has 0 unspecified atom stereocenters. The summed E-state index contributed by atoms with van der Waals surface area (Å²) in [6, 6.07) is 9.10. The summed E-state index contributed by atoms with van der Waals surface area (Å²) in [5, 5.41) is 14.8. The first-order valence-electron chi connectivity index (χ1n) is 12.8. The second-order valence-corrected chi connectivity index (χ2v) is 9.41. The van der Waals surface area contributed by atoms with E-state index < -0.39 is 23.7 Å². The average Bonchev–Trinajstić information content (AvgIpc) is 3.18. The Kier molecular flexibility index (Phi) is 10.2. The van der Waals surface area contributed by atoms with Crippen LogP contribution >= 0.6 is 0 Å². The summed E-state index contributed by atoms with van der Waals surface area (Å²) >= 11 is 0. The number of piperazine rings is 1. The number of nitrogen functional groups attached to an aromatic ring is 1. The SMILES string of the molecule is COc1cccc2c1C(=O)N(CCCCCN1CCN(c3ccc(N)c(C(F)(F)F)c3)CC1)C2=O.O=C(O)C(=O)O. The second-order valence-electron chi connectivity index (χ2n) is 9.41. The molecular formula is C27H31F3N4O7. The molecule has 222 valence electrons. The zero-order valence-electron chi connectivity index (χ0n) is 22.3. The normalized spacial score (nSPS) is 15.3. The van der Waals surface area contributed by atoms with Gasteiger partial charge in [0, 0.05) is 44.1 Å². The molecule has 0 aliphatic carbocycles. The summed E-state index contributed by atoms with van der Waals surface area (Å²) in [5.74, 6) is -3.83. The van der Waals surface area contributed by atoms with Crippen LogP contribution in [-0.4, -0.2) is 90.1 Å². The highest BCUT2D eigenvalue weighted by Crippen LogP contribution is 2.36. The summed E-state index contributed by atoms with van der Waals surface area (Å²) in [7, 11) is 1.48. The largest absolute Gasteiger partial charge is 0.496 e. The van der Waals surface area contributed by atoms with Crippen LogP contribution in [0.25, 0.3) is 0 Å². The number of rotatable bonds is 8. The van der Waals surface area contributed by atoms with Gasteiger partial charge in [0.2, 0.25) is 0 Å². The van der Waals surface area contributed by atoms with E-state index >= 15 is 0 Å². The third-order valence-electron chi connectivity index (χ3n) is 6.80. The van der Waals surface area contributed by atoms with E-state index in [0.717, 1.165) is 38.5 Å². The molecule has 0 atom stereocenters. The molecule has 2 amide bonds. The van der Waals surface area contributed by atoms with Crippen LogP contribution in [0.3, 0.4) is 0 Å². The Labute approximate surface area is 233 Å². The molecule has 1 fully saturated rings. The van der Waals surface area contributed by atoms with E-state index in [1.165, 1.54) is 18.1 Å². The van der Waals surface area contributed by atoms with Crippen molar-refractivity contribution in [2.45, 2.75) is 25.4 Å². The molecule has 2 aromatic carbocycles. The lowest BCUT2D eigenvalue weighted by Crippen LogP contribution is -2.46. The molecule has 0 aromatic heterocycles. The van der Waals surface area contributed by atoms with Crippen molar-refractivity contribution in [3.63, 3.8) is 0 Å². The number of carboxylic acids is 2. The smallest absolute Gasteiger partial charge is 0.418 e. The standard InChI is InChI=1S/C25H29F3N4O3.C2H2O4/c1-35-21-7-5-6-18-22(21)24(34)32(23(18)33)11-4-2-3-10-30-12-14-31(15-13-30)17-8-9-20(29)19(16-17)25(26,27)28;3-1(4)2(5)6/h5-9,16H,2-4,10-15,29H2,1H3;(H,3,4)(H,5,6). The van der Waals surface area contributed by atoms with E-state index in [1.54, 1.807) is 24.3 Å². The van der Waals surface area contributed by atoms with E-state index in [1.807, 2.05) is 4.90 Å². The first-order valence-corrected chi connectivity index (χ1v) is 12.8. The fourth-order valence-electron chi connectivity index (χ4n) is 4.67. The predicted molar refractivity (Wildman–Crippen MR) is 142 cm³/mol. The molecule has 41 heavy (non-hydrogen) atoms. The number of methoxy groups -OCH3 is 1. The summed E-state index contributed by atoms with van der Waals surface area (Å²) in [6.45, 7) is 4.01. The summed E-state index contributed by atoms with van der Waals surface area (Å²) in [4.78, 5) is 49.0. The Morgan fingerprint density at radius 1 is 0.927 bits per heavy atom. The van der Waals surface area contributed by atoms with Crippen molar-refractivity contribution in [3.05, 3.63) is 53.1 Å². The van der Waals surface area contributed by atoms with Gasteiger partial charge in [0.25, 0.3) is 11.8 Å². The second kappa shape index (κ2) is 13.4. The van der Waals surface area contributed by atoms with Gasteiger partial charge in [0.1, 0.15) is 5.75 Å². The Morgan fingerprint density at radius 3 is 2.15 bits per heavy atom. The van der Waals surface area contributed by atoms with Gasteiger partial charge in [-0.2, -0.15) is 13.2 Å². The zero-order chi connectivity index (χ0) is 30.3. The number of halogens is 3. The van der Waals surface area contributed by atoms with E-state index in [2.05, 4.69) is 4.90 Å². The number of amides is 2. The van der Waals surface area contributed by atoms with Gasteiger partial charge in [-0.15, -0.1) is 0 Å². The van der Waals surface area contributed by atoms with Crippen molar-refractivity contribution in [3.8, 4) is 5.75 Å². The lowest BCUT2D eigenvalue weighted by Gasteiger charge is -2.36. The van der Waals surface area contributed by atoms with Crippen LogP contribution in [0.1, 0.15) is 45.5 Å². The van der Waals surface area contributed by atoms with Gasteiger partial charge in [-0.3, -0.25) is 19.4 Å². The topological polar surface area (TPSA) is 154 Å².